The summed E-state index contributed by atoms with van der Waals surface area (Å²) in [5.41, 5.74) is 1.95. The van der Waals surface area contributed by atoms with Crippen LogP contribution in [0.25, 0.3) is 0 Å². The quantitative estimate of drug-likeness (QED) is 0.313. The number of fused-ring (bicyclic) bond motifs is 1. The maximum atomic E-state index is 13.4. The molecule has 6 heteroatoms. The number of ether oxygens (including phenoxy) is 3. The van der Waals surface area contributed by atoms with Gasteiger partial charge in [-0.15, -0.1) is 0 Å². The van der Waals surface area contributed by atoms with Gasteiger partial charge in [0.2, 0.25) is 0 Å². The van der Waals surface area contributed by atoms with Gasteiger partial charge in [0.05, 0.1) is 19.3 Å². The van der Waals surface area contributed by atoms with Gasteiger partial charge in [-0.25, -0.2) is 4.79 Å². The molecule has 0 spiro atoms. The molecule has 1 atom stereocenters. The predicted molar refractivity (Wildman–Crippen MR) is 140 cm³/mol. The average molecular weight is 488 g/mol. The fourth-order valence-corrected chi connectivity index (χ4v) is 4.77. The van der Waals surface area contributed by atoms with E-state index in [1.807, 2.05) is 46.8 Å². The molecule has 0 saturated heterocycles. The van der Waals surface area contributed by atoms with Gasteiger partial charge in [-0.05, 0) is 88.1 Å². The number of ketones is 1. The number of carbonyl (C=O) groups is 2. The van der Waals surface area contributed by atoms with Crippen molar-refractivity contribution in [2.45, 2.75) is 99.1 Å². The van der Waals surface area contributed by atoms with E-state index < -0.39 is 17.7 Å². The fourth-order valence-electron chi connectivity index (χ4n) is 4.77. The van der Waals surface area contributed by atoms with Gasteiger partial charge in [0.15, 0.2) is 17.3 Å². The fraction of sp³-hybridized carbons (Fsp3) is 0.655. The molecule has 0 fully saturated rings. The Morgan fingerprint density at radius 1 is 1.03 bits per heavy atom. The summed E-state index contributed by atoms with van der Waals surface area (Å²) >= 11 is 0. The van der Waals surface area contributed by atoms with Crippen molar-refractivity contribution in [1.29, 1.82) is 0 Å². The molecular weight excluding hydrogens is 442 g/mol. The second kappa shape index (κ2) is 12.0. The number of nitrogens with zero attached hydrogens (tertiary/aromatic N) is 1. The number of hydrogen-bond donors (Lipinski definition) is 0. The summed E-state index contributed by atoms with van der Waals surface area (Å²) in [6.45, 7) is 21.5. The van der Waals surface area contributed by atoms with Crippen molar-refractivity contribution in [3.05, 3.63) is 35.4 Å². The number of allylic oxidation sites excluding steroid dienone is 1. The third-order valence-corrected chi connectivity index (χ3v) is 6.18. The lowest BCUT2D eigenvalue weighted by atomic mass is 9.80. The van der Waals surface area contributed by atoms with Gasteiger partial charge in [-0.1, -0.05) is 33.8 Å². The van der Waals surface area contributed by atoms with Crippen LogP contribution in [-0.4, -0.2) is 42.1 Å². The maximum Gasteiger partial charge on any atom is 0.410 e. The van der Waals surface area contributed by atoms with Gasteiger partial charge in [0.1, 0.15) is 5.60 Å². The first-order valence-electron chi connectivity index (χ1n) is 12.9. The predicted octanol–water partition coefficient (Wildman–Crippen LogP) is 7.05. The zero-order valence-electron chi connectivity index (χ0n) is 23.1. The molecular formula is C29H45NO5. The highest BCUT2D eigenvalue weighted by molar-refractivity contribution is 5.95. The Hall–Kier alpha value is -2.50. The van der Waals surface area contributed by atoms with Crippen molar-refractivity contribution in [1.82, 2.24) is 4.90 Å². The lowest BCUT2D eigenvalue weighted by molar-refractivity contribution is -0.117. The molecule has 6 nitrogen and oxygen atoms in total. The van der Waals surface area contributed by atoms with E-state index in [2.05, 4.69) is 27.4 Å². The molecule has 0 aromatic heterocycles. The smallest absolute Gasteiger partial charge is 0.410 e. The highest BCUT2D eigenvalue weighted by Gasteiger charge is 2.36. The number of rotatable bonds is 11. The molecule has 1 aromatic carbocycles. The molecule has 35 heavy (non-hydrogen) atoms. The maximum absolute atomic E-state index is 13.4. The SMILES string of the molecule is C=C(CC(C)(C)CCC)C(=O)C[C@H]1c2cc(OCC)c(OCC)cc2CCN1C(=O)OC(C)(C)C. The molecule has 0 bridgehead atoms. The van der Waals surface area contributed by atoms with Crippen molar-refractivity contribution >= 4 is 11.9 Å². The van der Waals surface area contributed by atoms with Gasteiger partial charge < -0.3 is 19.1 Å². The van der Waals surface area contributed by atoms with Crippen molar-refractivity contribution in [3.63, 3.8) is 0 Å². The number of carbonyl (C=O) groups excluding carboxylic acids is 2. The van der Waals surface area contributed by atoms with Crippen LogP contribution in [0.1, 0.15) is 98.2 Å². The molecule has 196 valence electrons. The van der Waals surface area contributed by atoms with Crippen molar-refractivity contribution in [3.8, 4) is 11.5 Å². The largest absolute Gasteiger partial charge is 0.490 e. The van der Waals surface area contributed by atoms with Crippen molar-refractivity contribution < 1.29 is 23.8 Å². The van der Waals surface area contributed by atoms with Crippen LogP contribution < -0.4 is 9.47 Å². The molecule has 0 radical (unpaired) electrons. The minimum absolute atomic E-state index is 0.00530. The highest BCUT2D eigenvalue weighted by atomic mass is 16.6. The summed E-state index contributed by atoms with van der Waals surface area (Å²) in [6, 6.07) is 3.47. The van der Waals surface area contributed by atoms with E-state index >= 15 is 0 Å². The van der Waals surface area contributed by atoms with E-state index in [9.17, 15) is 9.59 Å². The topological polar surface area (TPSA) is 65.1 Å². The van der Waals surface area contributed by atoms with Crippen molar-refractivity contribution in [2.24, 2.45) is 5.41 Å². The van der Waals surface area contributed by atoms with Crippen LogP contribution in [0.2, 0.25) is 0 Å². The van der Waals surface area contributed by atoms with Crippen LogP contribution in [0, 0.1) is 5.41 Å². The second-order valence-corrected chi connectivity index (χ2v) is 11.1. The molecule has 2 rings (SSSR count). The number of Topliss-reactive ketones (excluding diaryl/α,β-unsaturated/α-hetero) is 1. The Labute approximate surface area is 212 Å². The summed E-state index contributed by atoms with van der Waals surface area (Å²) in [5, 5.41) is 0. The van der Waals surface area contributed by atoms with Crippen molar-refractivity contribution in [2.75, 3.05) is 19.8 Å². The third-order valence-electron chi connectivity index (χ3n) is 6.18. The lowest BCUT2D eigenvalue weighted by Gasteiger charge is -2.38. The summed E-state index contributed by atoms with van der Waals surface area (Å²) in [6.07, 6.45) is 3.11. The van der Waals surface area contributed by atoms with E-state index in [1.54, 1.807) is 4.90 Å². The Morgan fingerprint density at radius 3 is 2.17 bits per heavy atom. The third kappa shape index (κ3) is 8.01. The standard InChI is InChI=1S/C29H45NO5/c1-10-14-29(8,9)19-20(4)24(31)18-23-22-17-26(34-12-3)25(33-11-2)16-21(22)13-15-30(23)27(32)35-28(5,6)7/h16-17,23H,4,10-15,18-19H2,1-3,5-9H3/t23-/m0/s1. The van der Waals surface area contributed by atoms with Crippen LogP contribution in [0.3, 0.4) is 0 Å². The molecule has 0 saturated carbocycles. The van der Waals surface area contributed by atoms with E-state index in [1.165, 1.54) is 0 Å². The van der Waals surface area contributed by atoms with Crippen LogP contribution in [0.5, 0.6) is 11.5 Å². The number of hydrogen-bond acceptors (Lipinski definition) is 5. The summed E-state index contributed by atoms with van der Waals surface area (Å²) in [5.74, 6) is 1.29. The molecule has 1 aliphatic rings. The van der Waals surface area contributed by atoms with Crippen LogP contribution in [0.4, 0.5) is 4.79 Å². The summed E-state index contributed by atoms with van der Waals surface area (Å²) in [4.78, 5) is 28.3. The number of benzene rings is 1. The summed E-state index contributed by atoms with van der Waals surface area (Å²) in [7, 11) is 0. The Morgan fingerprint density at radius 2 is 1.63 bits per heavy atom. The van der Waals surface area contributed by atoms with Crippen LogP contribution in [0.15, 0.2) is 24.3 Å². The van der Waals surface area contributed by atoms with Crippen LogP contribution >= 0.6 is 0 Å². The highest BCUT2D eigenvalue weighted by Crippen LogP contribution is 2.41. The molecule has 0 unspecified atom stereocenters. The monoisotopic (exact) mass is 487 g/mol. The molecule has 1 aromatic rings. The Kier molecular flexibility index (Phi) is 9.82. The van der Waals surface area contributed by atoms with Gasteiger partial charge in [0, 0.05) is 13.0 Å². The molecule has 0 N–H and O–H groups in total. The van der Waals surface area contributed by atoms with E-state index in [4.69, 9.17) is 14.2 Å². The minimum atomic E-state index is -0.630. The van der Waals surface area contributed by atoms with E-state index in [0.717, 1.165) is 24.0 Å². The van der Waals surface area contributed by atoms with Gasteiger partial charge >= 0.3 is 6.09 Å². The Balaban J connectivity index is 2.44. The second-order valence-electron chi connectivity index (χ2n) is 11.1. The zero-order valence-corrected chi connectivity index (χ0v) is 23.1. The lowest BCUT2D eigenvalue weighted by Crippen LogP contribution is -2.43. The summed E-state index contributed by atoms with van der Waals surface area (Å²) < 4.78 is 17.4. The van der Waals surface area contributed by atoms with Gasteiger partial charge in [0.25, 0.3) is 0 Å². The molecule has 0 aliphatic carbocycles. The van der Waals surface area contributed by atoms with E-state index in [0.29, 0.717) is 49.7 Å². The van der Waals surface area contributed by atoms with E-state index in [-0.39, 0.29) is 17.6 Å². The van der Waals surface area contributed by atoms with Gasteiger partial charge in [-0.2, -0.15) is 0 Å². The minimum Gasteiger partial charge on any atom is -0.490 e. The number of amides is 1. The van der Waals surface area contributed by atoms with Gasteiger partial charge in [-0.3, -0.25) is 4.79 Å². The average Bonchev–Trinajstić information content (AvgIpc) is 2.73. The first-order valence-corrected chi connectivity index (χ1v) is 12.9. The van der Waals surface area contributed by atoms with Crippen LogP contribution in [-0.2, 0) is 16.0 Å². The first kappa shape index (κ1) is 28.7. The zero-order chi connectivity index (χ0) is 26.4. The molecule has 1 aliphatic heterocycles. The normalized spacial score (nSPS) is 15.9. The molecule has 1 amide bonds. The first-order chi connectivity index (χ1) is 16.3. The Bertz CT molecular complexity index is 912. The molecule has 1 heterocycles.